The van der Waals surface area contributed by atoms with Crippen LogP contribution in [0.2, 0.25) is 0 Å². The van der Waals surface area contributed by atoms with E-state index in [1.807, 2.05) is 38.4 Å². The van der Waals surface area contributed by atoms with Crippen molar-refractivity contribution in [2.75, 3.05) is 41.3 Å². The molecular weight excluding hydrogens is 1680 g/mol. The number of fused-ring (bicyclic) bond motifs is 4. The summed E-state index contributed by atoms with van der Waals surface area (Å²) in [5, 5.41) is 18.5. The monoisotopic (exact) mass is 1780 g/mol. The molecule has 9 nitrogen and oxygen atoms in total. The number of hydrogen-bond acceptors (Lipinski definition) is 9. The van der Waals surface area contributed by atoms with E-state index in [1.165, 1.54) is 63.7 Å². The average Bonchev–Trinajstić information content (AvgIpc) is 1.33. The Hall–Kier alpha value is -6.58. The Morgan fingerprint density at radius 3 is 0.453 bits per heavy atom. The smallest absolute Gasteiger partial charge is 1.00 e. The first-order chi connectivity index (χ1) is 45.1. The molecule has 0 spiro atoms. The summed E-state index contributed by atoms with van der Waals surface area (Å²) in [6.07, 6.45) is 0. The van der Waals surface area contributed by atoms with E-state index in [9.17, 15) is 0 Å². The van der Waals surface area contributed by atoms with Gasteiger partial charge in [-0.15, -0.1) is 24.8 Å². The summed E-state index contributed by atoms with van der Waals surface area (Å²) in [4.78, 5) is 0. The number of nitrogens with one attached hydrogen (secondary N) is 1. The zero-order valence-corrected chi connectivity index (χ0v) is 64.0. The summed E-state index contributed by atoms with van der Waals surface area (Å²) in [5.74, 6) is 6.71. The minimum Gasteiger partial charge on any atom is -1.00 e. The van der Waals surface area contributed by atoms with Crippen molar-refractivity contribution in [3.05, 3.63) is 315 Å². The summed E-state index contributed by atoms with van der Waals surface area (Å²) < 4.78 is 43.9. The largest absolute Gasteiger partial charge is 2.00 e. The maximum absolute atomic E-state index is 5.55. The Kier molecular flexibility index (Phi) is 54.8. The quantitative estimate of drug-likeness (QED) is 0.0951. The average molecular weight is 1780 g/mol. The fraction of sp³-hybridized carbons (Fsp3) is 0.163. The van der Waals surface area contributed by atoms with Crippen molar-refractivity contribution in [3.8, 4) is 46.0 Å². The number of rotatable bonds is 12. The molecule has 0 saturated carbocycles. The van der Waals surface area contributed by atoms with Gasteiger partial charge in [-0.3, -0.25) is 0 Å². The number of ether oxygens (including phenoxy) is 8. The van der Waals surface area contributed by atoms with E-state index in [4.69, 9.17) is 37.9 Å². The van der Waals surface area contributed by atoms with Crippen LogP contribution in [0.4, 0.5) is 0 Å². The van der Waals surface area contributed by atoms with Gasteiger partial charge in [0.1, 0.15) is 0 Å². The van der Waals surface area contributed by atoms with Crippen molar-refractivity contribution in [1.29, 1.82) is 0 Å². The van der Waals surface area contributed by atoms with Crippen LogP contribution < -0.4 is 144 Å². The van der Waals surface area contributed by atoms with E-state index in [-0.39, 0.29) is 160 Å². The first kappa shape index (κ1) is 106. The Morgan fingerprint density at radius 2 is 0.321 bits per heavy atom. The minimum atomic E-state index is -0.588. The van der Waals surface area contributed by atoms with Crippen LogP contribution in [0.1, 0.15) is 59.4 Å². The third-order valence-corrected chi connectivity index (χ3v) is 24.3. The van der Waals surface area contributed by atoms with Crippen molar-refractivity contribution < 1.29 is 114 Å². The zero-order valence-electron chi connectivity index (χ0n) is 53.1. The Balaban J connectivity index is -0.000000617. The van der Waals surface area contributed by atoms with Crippen LogP contribution >= 0.6 is 56.5 Å². The zero-order chi connectivity index (χ0) is 61.8. The molecule has 4 heterocycles. The standard InChI is InChI=1S/4C19H15O2P.C2H7N.8CH4.5ClH.2Ru/c4*1-3-7-15(8-4-1)22(16-9-5-2-6-10-16)17-11-12-18-19(13-17)21-14-20-18;1-3-2;;;;;;;;;;;;;;;/h4*1-13H,14H2;3H,1-2H3;8*1H4;5*1H;;/q;;;;;;;;;;;;;;;;;;2*+2/p-3. The number of benzene rings is 12. The van der Waals surface area contributed by atoms with Crippen molar-refractivity contribution in [1.82, 2.24) is 5.32 Å². The second-order valence-electron chi connectivity index (χ2n) is 20.7. The van der Waals surface area contributed by atoms with Gasteiger partial charge in [0.05, 0.1) is 0 Å². The number of halogens is 5. The van der Waals surface area contributed by atoms with Crippen LogP contribution in [-0.4, -0.2) is 41.3 Å². The van der Waals surface area contributed by atoms with Crippen LogP contribution in [0.3, 0.4) is 0 Å². The summed E-state index contributed by atoms with van der Waals surface area (Å²) in [6.45, 7) is 1.25. The van der Waals surface area contributed by atoms with E-state index in [1.54, 1.807) is 0 Å². The molecule has 12 aromatic carbocycles. The van der Waals surface area contributed by atoms with Crippen LogP contribution in [0, 0.1) is 0 Å². The third kappa shape index (κ3) is 27.5. The Labute approximate surface area is 695 Å². The molecule has 12 aromatic rings. The predicted octanol–water partition coefficient (Wildman–Crippen LogP) is 9.47. The molecule has 106 heavy (non-hydrogen) atoms. The summed E-state index contributed by atoms with van der Waals surface area (Å²) >= 11 is 0. The molecule has 20 heteroatoms. The fourth-order valence-electron chi connectivity index (χ4n) is 10.5. The maximum atomic E-state index is 5.55. The first-order valence-corrected chi connectivity index (χ1v) is 35.2. The van der Waals surface area contributed by atoms with Crippen molar-refractivity contribution in [3.63, 3.8) is 0 Å². The van der Waals surface area contributed by atoms with Gasteiger partial charge in [-0.25, -0.2) is 0 Å². The Morgan fingerprint density at radius 1 is 0.198 bits per heavy atom. The first-order valence-electron chi connectivity index (χ1n) is 29.9. The van der Waals surface area contributed by atoms with Crippen molar-refractivity contribution in [2.24, 2.45) is 0 Å². The molecule has 0 amide bonds. The van der Waals surface area contributed by atoms with E-state index in [0.717, 1.165) is 46.0 Å². The van der Waals surface area contributed by atoms with Crippen LogP contribution in [0.5, 0.6) is 46.0 Å². The molecular formula is C86H101Cl5NO8P4Ru2+. The van der Waals surface area contributed by atoms with E-state index in [0.29, 0.717) is 27.2 Å². The van der Waals surface area contributed by atoms with Gasteiger partial charge in [0.15, 0.2) is 46.0 Å². The predicted molar refractivity (Wildman–Crippen MR) is 448 cm³/mol. The molecule has 16 rings (SSSR count). The molecule has 1 N–H and O–H groups in total. The molecule has 0 atom stereocenters. The van der Waals surface area contributed by atoms with E-state index < -0.39 is 31.7 Å². The van der Waals surface area contributed by atoms with Gasteiger partial charge < -0.3 is 80.4 Å². The molecule has 0 bridgehead atoms. The van der Waals surface area contributed by atoms with Crippen molar-refractivity contribution >= 4 is 120 Å². The molecule has 0 aromatic heterocycles. The van der Waals surface area contributed by atoms with Gasteiger partial charge in [0.2, 0.25) is 27.2 Å². The Bertz CT molecular complexity index is 3550. The van der Waals surface area contributed by atoms with Gasteiger partial charge in [0, 0.05) is 0 Å². The van der Waals surface area contributed by atoms with Crippen LogP contribution in [-0.2, 0) is 39.0 Å². The minimum absolute atomic E-state index is 0. The summed E-state index contributed by atoms with van der Waals surface area (Å²) in [5.41, 5.74) is 0. The van der Waals surface area contributed by atoms with E-state index >= 15 is 0 Å². The summed E-state index contributed by atoms with van der Waals surface area (Å²) in [7, 11) is 1.40. The molecule has 0 radical (unpaired) electrons. The normalized spacial score (nSPS) is 10.6. The van der Waals surface area contributed by atoms with Gasteiger partial charge >= 0.3 is 39.0 Å². The maximum Gasteiger partial charge on any atom is 2.00 e. The fourth-order valence-corrected chi connectivity index (χ4v) is 19.7. The molecule has 4 aliphatic heterocycles. The van der Waals surface area contributed by atoms with Crippen LogP contribution in [0.15, 0.2) is 315 Å². The molecule has 0 unspecified atom stereocenters. The molecule has 568 valence electrons. The van der Waals surface area contributed by atoms with E-state index in [2.05, 4.69) is 297 Å². The SMILES string of the molecule is C.C.C.C.C.C.C.C.CNC.Cl.Cl.[Cl-].[Cl-].[Cl-].[Ru+2].[Ru+2].c1ccc(P(c2ccccc2)c2ccc3c(c2)OCO3)cc1.c1ccc(P(c2ccccc2)c2ccc3c(c2)OCO3)cc1.c1ccc(P(c2ccccc2)c2ccc3c(c2)OCO3)cc1.c1ccc(P(c2ccccc2)c2ccc3c(c2)OCO3)cc1. The second-order valence-corrected chi connectivity index (χ2v) is 29.6. The van der Waals surface area contributed by atoms with Gasteiger partial charge in [-0.05, 0) is 182 Å². The van der Waals surface area contributed by atoms with Gasteiger partial charge in [0.25, 0.3) is 0 Å². The second kappa shape index (κ2) is 54.9. The topological polar surface area (TPSA) is 85.9 Å². The van der Waals surface area contributed by atoms with Crippen molar-refractivity contribution in [2.45, 2.75) is 59.4 Å². The van der Waals surface area contributed by atoms with Gasteiger partial charge in [-0.1, -0.05) is 302 Å². The molecule has 4 aliphatic rings. The van der Waals surface area contributed by atoms with Crippen LogP contribution in [0.25, 0.3) is 0 Å². The summed E-state index contributed by atoms with van der Waals surface area (Å²) in [6, 6.07) is 110. The third-order valence-electron chi connectivity index (χ3n) is 14.6. The molecule has 0 fully saturated rings. The molecule has 0 saturated heterocycles. The van der Waals surface area contributed by atoms with Gasteiger partial charge in [-0.2, -0.15) is 0 Å². The molecule has 0 aliphatic carbocycles. The number of hydrogen-bond donors (Lipinski definition) is 1.